The van der Waals surface area contributed by atoms with E-state index in [1.54, 1.807) is 48.7 Å². The van der Waals surface area contributed by atoms with Crippen LogP contribution in [0.3, 0.4) is 0 Å². The van der Waals surface area contributed by atoms with Crippen molar-refractivity contribution < 1.29 is 4.79 Å². The van der Waals surface area contributed by atoms with E-state index in [-0.39, 0.29) is 5.56 Å². The van der Waals surface area contributed by atoms with Gasteiger partial charge in [-0.25, -0.2) is 4.98 Å². The van der Waals surface area contributed by atoms with Gasteiger partial charge in [0.2, 0.25) is 0 Å². The molecule has 0 saturated carbocycles. The second kappa shape index (κ2) is 5.54. The molecule has 0 atom stereocenters. The molecule has 106 valence electrons. The standard InChI is InChI=1S/C17H11N3O2/c1-2-12-6-5-7-13(10-12)19-16(21)14-11-18-15-8-3-4-9-20(15)17(14)22/h1,3-11H,(H,19,21). The van der Waals surface area contributed by atoms with Gasteiger partial charge in [-0.2, -0.15) is 0 Å². The molecule has 0 aliphatic carbocycles. The highest BCUT2D eigenvalue weighted by atomic mass is 16.2. The third-order valence-electron chi connectivity index (χ3n) is 3.15. The number of nitrogens with zero attached hydrogens (tertiary/aromatic N) is 2. The highest BCUT2D eigenvalue weighted by molar-refractivity contribution is 6.04. The largest absolute Gasteiger partial charge is 0.322 e. The number of fused-ring (bicyclic) bond motifs is 1. The van der Waals surface area contributed by atoms with Crippen molar-refractivity contribution in [2.75, 3.05) is 5.32 Å². The number of nitrogens with one attached hydrogen (secondary N) is 1. The first kappa shape index (κ1) is 13.6. The van der Waals surface area contributed by atoms with Crippen molar-refractivity contribution >= 4 is 17.2 Å². The van der Waals surface area contributed by atoms with Gasteiger partial charge >= 0.3 is 0 Å². The van der Waals surface area contributed by atoms with Crippen LogP contribution in [0.1, 0.15) is 15.9 Å². The lowest BCUT2D eigenvalue weighted by atomic mass is 10.2. The van der Waals surface area contributed by atoms with Gasteiger partial charge in [0.15, 0.2) is 0 Å². The molecule has 1 amide bonds. The lowest BCUT2D eigenvalue weighted by Crippen LogP contribution is -2.26. The minimum Gasteiger partial charge on any atom is -0.322 e. The van der Waals surface area contributed by atoms with Crippen molar-refractivity contribution in [3.63, 3.8) is 0 Å². The van der Waals surface area contributed by atoms with Crippen LogP contribution in [0.15, 0.2) is 59.7 Å². The van der Waals surface area contributed by atoms with Gasteiger partial charge in [-0.05, 0) is 30.3 Å². The lowest BCUT2D eigenvalue weighted by Gasteiger charge is -2.06. The maximum absolute atomic E-state index is 12.3. The number of hydrogen-bond acceptors (Lipinski definition) is 3. The molecule has 0 radical (unpaired) electrons. The third-order valence-corrected chi connectivity index (χ3v) is 3.15. The number of carbonyl (C=O) groups excluding carboxylic acids is 1. The molecule has 1 aromatic carbocycles. The molecule has 1 N–H and O–H groups in total. The zero-order valence-corrected chi connectivity index (χ0v) is 11.5. The molecule has 5 heteroatoms. The van der Waals surface area contributed by atoms with E-state index >= 15 is 0 Å². The van der Waals surface area contributed by atoms with Crippen molar-refractivity contribution in [2.24, 2.45) is 0 Å². The number of amides is 1. The van der Waals surface area contributed by atoms with Gasteiger partial charge in [0, 0.05) is 23.6 Å². The first-order chi connectivity index (χ1) is 10.7. The van der Waals surface area contributed by atoms with E-state index in [0.29, 0.717) is 16.9 Å². The summed E-state index contributed by atoms with van der Waals surface area (Å²) in [6.07, 6.45) is 8.17. The summed E-state index contributed by atoms with van der Waals surface area (Å²) in [5, 5.41) is 2.65. The Morgan fingerprint density at radius 1 is 1.23 bits per heavy atom. The number of carbonyl (C=O) groups is 1. The zero-order chi connectivity index (χ0) is 15.5. The van der Waals surface area contributed by atoms with Gasteiger partial charge < -0.3 is 5.32 Å². The SMILES string of the molecule is C#Cc1cccc(NC(=O)c2cnc3ccccn3c2=O)c1. The fourth-order valence-corrected chi connectivity index (χ4v) is 2.07. The van der Waals surface area contributed by atoms with Crippen LogP contribution in [0, 0.1) is 12.3 Å². The number of rotatable bonds is 2. The summed E-state index contributed by atoms with van der Waals surface area (Å²) in [5.74, 6) is 1.96. The van der Waals surface area contributed by atoms with Crippen molar-refractivity contribution in [2.45, 2.75) is 0 Å². The molecule has 0 saturated heterocycles. The number of anilines is 1. The quantitative estimate of drug-likeness (QED) is 0.733. The van der Waals surface area contributed by atoms with Crippen LogP contribution in [0.5, 0.6) is 0 Å². The molecular weight excluding hydrogens is 278 g/mol. The molecule has 0 fully saturated rings. The Labute approximate surface area is 126 Å². The Kier molecular flexibility index (Phi) is 3.42. The van der Waals surface area contributed by atoms with Crippen molar-refractivity contribution in [3.05, 3.63) is 76.3 Å². The number of hydrogen-bond donors (Lipinski definition) is 1. The van der Waals surface area contributed by atoms with Crippen LogP contribution in [0.25, 0.3) is 5.65 Å². The van der Waals surface area contributed by atoms with E-state index < -0.39 is 11.5 Å². The van der Waals surface area contributed by atoms with Crippen LogP contribution in [0.2, 0.25) is 0 Å². The second-order valence-corrected chi connectivity index (χ2v) is 4.59. The second-order valence-electron chi connectivity index (χ2n) is 4.59. The molecule has 22 heavy (non-hydrogen) atoms. The summed E-state index contributed by atoms with van der Waals surface area (Å²) in [5.41, 5.74) is 1.20. The van der Waals surface area contributed by atoms with Crippen LogP contribution in [0.4, 0.5) is 5.69 Å². The minimum absolute atomic E-state index is 0.0326. The van der Waals surface area contributed by atoms with Gasteiger partial charge in [0.05, 0.1) is 0 Å². The van der Waals surface area contributed by atoms with Crippen LogP contribution in [-0.4, -0.2) is 15.3 Å². The maximum atomic E-state index is 12.3. The molecule has 3 rings (SSSR count). The van der Waals surface area contributed by atoms with E-state index in [9.17, 15) is 9.59 Å². The van der Waals surface area contributed by atoms with Gasteiger partial charge in [0.25, 0.3) is 11.5 Å². The highest BCUT2D eigenvalue weighted by Crippen LogP contribution is 2.10. The number of benzene rings is 1. The van der Waals surface area contributed by atoms with Crippen molar-refractivity contribution in [1.29, 1.82) is 0 Å². The lowest BCUT2D eigenvalue weighted by molar-refractivity contribution is 0.102. The molecule has 0 aliphatic heterocycles. The summed E-state index contributed by atoms with van der Waals surface area (Å²) in [6, 6.07) is 12.0. The van der Waals surface area contributed by atoms with Gasteiger partial charge in [-0.15, -0.1) is 6.42 Å². The molecule has 0 spiro atoms. The molecule has 5 nitrogen and oxygen atoms in total. The molecule has 2 heterocycles. The topological polar surface area (TPSA) is 63.5 Å². The summed E-state index contributed by atoms with van der Waals surface area (Å²) in [6.45, 7) is 0. The molecule has 0 aliphatic rings. The molecule has 3 aromatic rings. The van der Waals surface area contributed by atoms with E-state index in [1.165, 1.54) is 10.6 Å². The first-order valence-electron chi connectivity index (χ1n) is 6.53. The smallest absolute Gasteiger partial charge is 0.270 e. The van der Waals surface area contributed by atoms with E-state index in [0.717, 1.165) is 0 Å². The van der Waals surface area contributed by atoms with E-state index in [2.05, 4.69) is 16.2 Å². The number of pyridine rings is 1. The van der Waals surface area contributed by atoms with E-state index in [1.807, 2.05) is 0 Å². The van der Waals surface area contributed by atoms with Crippen LogP contribution < -0.4 is 10.9 Å². The highest BCUT2D eigenvalue weighted by Gasteiger charge is 2.13. The van der Waals surface area contributed by atoms with Gasteiger partial charge in [-0.1, -0.05) is 18.1 Å². The van der Waals surface area contributed by atoms with Crippen LogP contribution >= 0.6 is 0 Å². The average molecular weight is 289 g/mol. The number of aromatic nitrogens is 2. The van der Waals surface area contributed by atoms with Crippen molar-refractivity contribution in [1.82, 2.24) is 9.38 Å². The minimum atomic E-state index is -0.523. The molecular formula is C17H11N3O2. The Balaban J connectivity index is 1.97. The van der Waals surface area contributed by atoms with E-state index in [4.69, 9.17) is 6.42 Å². The Hall–Kier alpha value is -3.39. The average Bonchev–Trinajstić information content (AvgIpc) is 2.55. The predicted molar refractivity (Wildman–Crippen MR) is 83.8 cm³/mol. The van der Waals surface area contributed by atoms with Crippen LogP contribution in [-0.2, 0) is 0 Å². The molecule has 0 bridgehead atoms. The predicted octanol–water partition coefficient (Wildman–Crippen LogP) is 1.93. The Morgan fingerprint density at radius 2 is 2.09 bits per heavy atom. The summed E-state index contributed by atoms with van der Waals surface area (Å²) < 4.78 is 1.33. The normalized spacial score (nSPS) is 10.1. The van der Waals surface area contributed by atoms with Crippen molar-refractivity contribution in [3.8, 4) is 12.3 Å². The van der Waals surface area contributed by atoms with Gasteiger partial charge in [-0.3, -0.25) is 14.0 Å². The molecule has 2 aromatic heterocycles. The monoisotopic (exact) mass is 289 g/mol. The number of terminal acetylenes is 1. The fourth-order valence-electron chi connectivity index (χ4n) is 2.07. The Morgan fingerprint density at radius 3 is 2.91 bits per heavy atom. The maximum Gasteiger partial charge on any atom is 0.270 e. The summed E-state index contributed by atoms with van der Waals surface area (Å²) in [4.78, 5) is 28.7. The summed E-state index contributed by atoms with van der Waals surface area (Å²) >= 11 is 0. The molecule has 0 unspecified atom stereocenters. The first-order valence-corrected chi connectivity index (χ1v) is 6.53. The zero-order valence-electron chi connectivity index (χ0n) is 11.5. The third kappa shape index (κ3) is 2.45. The fraction of sp³-hybridized carbons (Fsp3) is 0. The summed E-state index contributed by atoms with van der Waals surface area (Å²) in [7, 11) is 0. The van der Waals surface area contributed by atoms with Gasteiger partial charge in [0.1, 0.15) is 11.2 Å². The Bertz CT molecular complexity index is 967.